The fraction of sp³-hybridized carbons (Fsp3) is 0.421. The molecule has 0 amide bonds. The van der Waals surface area contributed by atoms with Crippen LogP contribution in [0.2, 0.25) is 0 Å². The van der Waals surface area contributed by atoms with Crippen molar-refractivity contribution in [3.8, 4) is 0 Å². The number of nitrogens with one attached hydrogen (secondary N) is 2. The van der Waals surface area contributed by atoms with E-state index in [-0.39, 0.29) is 12.4 Å². The SMILES string of the molecule is CN(C)Cc1nc(CSCCN/C(=C/[N+](=O)[O-])NCC(O)c2ccccc2)cs1. The van der Waals surface area contributed by atoms with Crippen LogP contribution >= 0.6 is 23.1 Å². The van der Waals surface area contributed by atoms with Crippen molar-refractivity contribution in [3.05, 3.63) is 74.1 Å². The summed E-state index contributed by atoms with van der Waals surface area (Å²) in [6.07, 6.45) is 0.139. The molecule has 0 saturated carbocycles. The van der Waals surface area contributed by atoms with Gasteiger partial charge >= 0.3 is 0 Å². The maximum Gasteiger partial charge on any atom is 0.274 e. The monoisotopic (exact) mass is 437 g/mol. The van der Waals surface area contributed by atoms with Gasteiger partial charge in [-0.1, -0.05) is 30.3 Å². The molecule has 0 aliphatic heterocycles. The lowest BCUT2D eigenvalue weighted by molar-refractivity contribution is -0.404. The molecule has 3 N–H and O–H groups in total. The zero-order valence-electron chi connectivity index (χ0n) is 16.6. The van der Waals surface area contributed by atoms with Crippen LogP contribution in [-0.4, -0.2) is 52.9 Å². The van der Waals surface area contributed by atoms with Gasteiger partial charge < -0.3 is 20.6 Å². The van der Waals surface area contributed by atoms with Gasteiger partial charge in [0, 0.05) is 36.5 Å². The Labute approximate surface area is 179 Å². The van der Waals surface area contributed by atoms with Gasteiger partial charge in [0.15, 0.2) is 5.82 Å². The summed E-state index contributed by atoms with van der Waals surface area (Å²) in [6.45, 7) is 1.58. The van der Waals surface area contributed by atoms with Crippen molar-refractivity contribution >= 4 is 23.1 Å². The summed E-state index contributed by atoms with van der Waals surface area (Å²) < 4.78 is 0. The minimum Gasteiger partial charge on any atom is -0.387 e. The number of hydrogen-bond acceptors (Lipinski definition) is 9. The molecule has 1 unspecified atom stereocenters. The van der Waals surface area contributed by atoms with E-state index >= 15 is 0 Å². The van der Waals surface area contributed by atoms with Gasteiger partial charge in [-0.15, -0.1) is 11.3 Å². The fourth-order valence-corrected chi connectivity index (χ4v) is 4.22. The Morgan fingerprint density at radius 3 is 2.83 bits per heavy atom. The van der Waals surface area contributed by atoms with Crippen molar-refractivity contribution < 1.29 is 10.0 Å². The van der Waals surface area contributed by atoms with E-state index in [0.29, 0.717) is 6.54 Å². The first kappa shape index (κ1) is 23.1. The van der Waals surface area contributed by atoms with E-state index in [2.05, 4.69) is 25.9 Å². The third-order valence-corrected chi connectivity index (χ3v) is 5.64. The maximum absolute atomic E-state index is 10.8. The summed E-state index contributed by atoms with van der Waals surface area (Å²) in [5.74, 6) is 1.87. The van der Waals surface area contributed by atoms with Crippen LogP contribution in [0.25, 0.3) is 0 Å². The Hall–Kier alpha value is -2.14. The van der Waals surface area contributed by atoms with Crippen molar-refractivity contribution in [2.75, 3.05) is 32.9 Å². The predicted molar refractivity (Wildman–Crippen MR) is 118 cm³/mol. The molecule has 10 heteroatoms. The van der Waals surface area contributed by atoms with E-state index in [9.17, 15) is 15.2 Å². The molecule has 0 aliphatic carbocycles. The summed E-state index contributed by atoms with van der Waals surface area (Å²) in [7, 11) is 4.04. The number of thiazole rings is 1. The number of rotatable bonds is 13. The summed E-state index contributed by atoms with van der Waals surface area (Å²) in [5.41, 5.74) is 1.81. The van der Waals surface area contributed by atoms with Crippen LogP contribution in [0.15, 0.2) is 47.7 Å². The number of aliphatic hydroxyl groups excluding tert-OH is 1. The normalized spacial score (nSPS) is 12.8. The average Bonchev–Trinajstić information content (AvgIpc) is 3.12. The molecule has 1 heterocycles. The largest absolute Gasteiger partial charge is 0.387 e. The first-order valence-electron chi connectivity index (χ1n) is 9.16. The molecule has 1 aromatic heterocycles. The fourth-order valence-electron chi connectivity index (χ4n) is 2.45. The zero-order chi connectivity index (χ0) is 21.1. The van der Waals surface area contributed by atoms with Crippen molar-refractivity contribution in [1.29, 1.82) is 0 Å². The summed E-state index contributed by atoms with van der Waals surface area (Å²) >= 11 is 3.38. The number of hydrogen-bond donors (Lipinski definition) is 3. The van der Waals surface area contributed by atoms with Gasteiger partial charge in [-0.05, 0) is 19.7 Å². The first-order chi connectivity index (χ1) is 13.9. The Morgan fingerprint density at radius 2 is 2.14 bits per heavy atom. The molecule has 158 valence electrons. The molecule has 1 aromatic carbocycles. The molecule has 1 atom stereocenters. The molecule has 0 spiro atoms. The second kappa shape index (κ2) is 12.4. The summed E-state index contributed by atoms with van der Waals surface area (Å²) in [5, 5.41) is 30.2. The Bertz CT molecular complexity index is 783. The number of aliphatic hydroxyl groups is 1. The van der Waals surface area contributed by atoms with Crippen molar-refractivity contribution in [3.63, 3.8) is 0 Å². The average molecular weight is 438 g/mol. The van der Waals surface area contributed by atoms with Gasteiger partial charge in [-0.2, -0.15) is 11.8 Å². The minimum atomic E-state index is -0.747. The van der Waals surface area contributed by atoms with Gasteiger partial charge in [0.05, 0.1) is 16.7 Å². The van der Waals surface area contributed by atoms with E-state index in [1.54, 1.807) is 23.1 Å². The van der Waals surface area contributed by atoms with Crippen molar-refractivity contribution in [1.82, 2.24) is 20.5 Å². The first-order valence-corrected chi connectivity index (χ1v) is 11.2. The van der Waals surface area contributed by atoms with E-state index in [4.69, 9.17) is 0 Å². The highest BCUT2D eigenvalue weighted by Crippen LogP contribution is 2.16. The molecule has 0 saturated heterocycles. The topological polar surface area (TPSA) is 104 Å². The number of benzene rings is 1. The standard InChI is InChI=1S/C19H27N5O3S2/c1-23(2)12-19-22-16(14-29-19)13-28-9-8-20-18(11-24(26)27)21-10-17(25)15-6-4-3-5-7-15/h3-7,11,14,17,20-21,25H,8-10,12-13H2,1-2H3/b18-11-. The quantitative estimate of drug-likeness (QED) is 0.249. The van der Waals surface area contributed by atoms with Crippen LogP contribution in [-0.2, 0) is 12.3 Å². The Kier molecular flexibility index (Phi) is 9.92. The van der Waals surface area contributed by atoms with Gasteiger partial charge in [-0.25, -0.2) is 4.98 Å². The van der Waals surface area contributed by atoms with Crippen LogP contribution in [0.5, 0.6) is 0 Å². The highest BCUT2D eigenvalue weighted by molar-refractivity contribution is 7.98. The zero-order valence-corrected chi connectivity index (χ0v) is 18.2. The number of nitro groups is 1. The number of nitrogens with zero attached hydrogens (tertiary/aromatic N) is 3. The van der Waals surface area contributed by atoms with Crippen LogP contribution < -0.4 is 10.6 Å². The highest BCUT2D eigenvalue weighted by atomic mass is 32.2. The minimum absolute atomic E-state index is 0.178. The van der Waals surface area contributed by atoms with E-state index in [1.807, 2.05) is 44.4 Å². The van der Waals surface area contributed by atoms with E-state index < -0.39 is 11.0 Å². The van der Waals surface area contributed by atoms with Gasteiger partial charge in [0.1, 0.15) is 5.01 Å². The van der Waals surface area contributed by atoms with Gasteiger partial charge in [0.2, 0.25) is 0 Å². The smallest absolute Gasteiger partial charge is 0.274 e. The predicted octanol–water partition coefficient (Wildman–Crippen LogP) is 2.43. The molecule has 2 rings (SSSR count). The number of thioether (sulfide) groups is 1. The molecule has 8 nitrogen and oxygen atoms in total. The lowest BCUT2D eigenvalue weighted by Gasteiger charge is -2.15. The maximum atomic E-state index is 10.8. The second-order valence-electron chi connectivity index (χ2n) is 6.59. The van der Waals surface area contributed by atoms with Crippen molar-refractivity contribution in [2.45, 2.75) is 18.4 Å². The molecular formula is C19H27N5O3S2. The molecule has 29 heavy (non-hydrogen) atoms. The van der Waals surface area contributed by atoms with Gasteiger partial charge in [0.25, 0.3) is 6.20 Å². The van der Waals surface area contributed by atoms with Crippen LogP contribution in [0.3, 0.4) is 0 Å². The number of aromatic nitrogens is 1. The molecular weight excluding hydrogens is 410 g/mol. The van der Waals surface area contributed by atoms with E-state index in [1.165, 1.54) is 0 Å². The summed E-state index contributed by atoms with van der Waals surface area (Å²) in [4.78, 5) is 17.0. The second-order valence-corrected chi connectivity index (χ2v) is 8.63. The lowest BCUT2D eigenvalue weighted by atomic mass is 10.1. The van der Waals surface area contributed by atoms with E-state index in [0.717, 1.165) is 40.5 Å². The Balaban J connectivity index is 1.72. The highest BCUT2D eigenvalue weighted by Gasteiger charge is 2.09. The molecule has 0 bridgehead atoms. The molecule has 0 fully saturated rings. The third kappa shape index (κ3) is 9.27. The Morgan fingerprint density at radius 1 is 1.38 bits per heavy atom. The van der Waals surface area contributed by atoms with Crippen LogP contribution in [0.4, 0.5) is 0 Å². The van der Waals surface area contributed by atoms with Crippen molar-refractivity contribution in [2.24, 2.45) is 0 Å². The van der Waals surface area contributed by atoms with Gasteiger partial charge in [-0.3, -0.25) is 10.1 Å². The molecule has 0 radical (unpaired) electrons. The van der Waals surface area contributed by atoms with Crippen LogP contribution in [0, 0.1) is 10.1 Å². The molecule has 2 aromatic rings. The third-order valence-electron chi connectivity index (χ3n) is 3.77. The van der Waals surface area contributed by atoms with Crippen LogP contribution in [0.1, 0.15) is 22.4 Å². The summed E-state index contributed by atoms with van der Waals surface area (Å²) in [6, 6.07) is 9.18. The molecule has 0 aliphatic rings. The lowest BCUT2D eigenvalue weighted by Crippen LogP contribution is -2.31.